The number of benzene rings is 4. The maximum Gasteiger partial charge on any atom is 0.514 e. The molecule has 358 valence electrons. The Morgan fingerprint density at radius 1 is 0.657 bits per heavy atom. The van der Waals surface area contributed by atoms with Gasteiger partial charge in [0.05, 0.1) is 57.8 Å². The number of fused-ring (bicyclic) bond motifs is 3. The third kappa shape index (κ3) is 16.8. The molecular weight excluding hydrogens is 871 g/mol. The van der Waals surface area contributed by atoms with Crippen molar-refractivity contribution >= 4 is 41.3 Å². The van der Waals surface area contributed by atoms with E-state index in [9.17, 15) is 34.1 Å². The Hall–Kier alpha value is -6.93. The molecule has 4 aromatic rings. The van der Waals surface area contributed by atoms with Gasteiger partial charge in [0.1, 0.15) is 31.0 Å². The van der Waals surface area contributed by atoms with Crippen LogP contribution in [0.3, 0.4) is 0 Å². The Labute approximate surface area is 388 Å². The average molecular weight is 928 g/mol. The summed E-state index contributed by atoms with van der Waals surface area (Å²) >= 11 is 0. The summed E-state index contributed by atoms with van der Waals surface area (Å²) in [6.45, 7) is 7.84. The monoisotopic (exact) mass is 927 g/mol. The Kier molecular flexibility index (Phi) is 20.5. The Morgan fingerprint density at radius 2 is 1.22 bits per heavy atom. The molecule has 1 aliphatic rings. The van der Waals surface area contributed by atoms with E-state index in [0.29, 0.717) is 57.4 Å². The number of carbonyl (C=O) groups excluding carboxylic acids is 5. The zero-order valence-corrected chi connectivity index (χ0v) is 37.7. The zero-order chi connectivity index (χ0) is 48.0. The number of nitro benzene ring substituents is 1. The van der Waals surface area contributed by atoms with Crippen molar-refractivity contribution in [3.63, 3.8) is 0 Å². The summed E-state index contributed by atoms with van der Waals surface area (Å²) in [5, 5.41) is 21.6. The van der Waals surface area contributed by atoms with Crippen LogP contribution in [-0.4, -0.2) is 113 Å². The van der Waals surface area contributed by atoms with Crippen LogP contribution in [0.15, 0.2) is 97.1 Å². The average Bonchev–Trinajstić information content (AvgIpc) is 3.64. The molecule has 0 radical (unpaired) electrons. The highest BCUT2D eigenvalue weighted by molar-refractivity contribution is 5.98. The highest BCUT2D eigenvalue weighted by Gasteiger charge is 2.29. The minimum absolute atomic E-state index is 0.00290. The molecule has 0 bridgehead atoms. The summed E-state index contributed by atoms with van der Waals surface area (Å²) in [4.78, 5) is 73.1. The molecule has 0 saturated heterocycles. The minimum atomic E-state index is -1.00. The van der Waals surface area contributed by atoms with E-state index in [2.05, 4.69) is 45.5 Å². The maximum absolute atomic E-state index is 13.1. The first-order valence-corrected chi connectivity index (χ1v) is 21.9. The fourth-order valence-electron chi connectivity index (χ4n) is 6.79. The second-order valence-corrected chi connectivity index (χ2v) is 15.5. The van der Waals surface area contributed by atoms with Crippen LogP contribution in [0, 0.1) is 16.0 Å². The van der Waals surface area contributed by atoms with Gasteiger partial charge >= 0.3 is 12.2 Å². The van der Waals surface area contributed by atoms with E-state index in [4.69, 9.17) is 33.2 Å². The van der Waals surface area contributed by atoms with Gasteiger partial charge in [0.2, 0.25) is 17.7 Å². The summed E-state index contributed by atoms with van der Waals surface area (Å²) in [5.74, 6) is -1.61. The number of nitrogens with zero attached hydrogens (tertiary/aromatic N) is 1. The summed E-state index contributed by atoms with van der Waals surface area (Å²) < 4.78 is 37.7. The van der Waals surface area contributed by atoms with E-state index < -0.39 is 41.1 Å². The largest absolute Gasteiger partial charge is 0.514 e. The van der Waals surface area contributed by atoms with Crippen LogP contribution in [0.25, 0.3) is 11.1 Å². The molecule has 0 aromatic heterocycles. The quantitative estimate of drug-likeness (QED) is 0.0179. The van der Waals surface area contributed by atoms with Crippen LogP contribution in [-0.2, 0) is 49.4 Å². The first-order valence-electron chi connectivity index (χ1n) is 21.9. The van der Waals surface area contributed by atoms with Crippen LogP contribution in [0.1, 0.15) is 49.8 Å². The molecule has 4 amide bonds. The summed E-state index contributed by atoms with van der Waals surface area (Å²) in [6.07, 6.45) is -1.48. The molecule has 4 aromatic carbocycles. The fraction of sp³-hybridized carbons (Fsp3) is 0.396. The molecule has 0 saturated carbocycles. The third-order valence-corrected chi connectivity index (χ3v) is 10.3. The van der Waals surface area contributed by atoms with Gasteiger partial charge in [-0.15, -0.1) is 0 Å². The Morgan fingerprint density at radius 3 is 1.81 bits per heavy atom. The Bertz CT molecular complexity index is 2210. The lowest BCUT2D eigenvalue weighted by Gasteiger charge is -2.24. The van der Waals surface area contributed by atoms with Gasteiger partial charge in [-0.05, 0) is 64.9 Å². The van der Waals surface area contributed by atoms with E-state index in [0.717, 1.165) is 11.1 Å². The number of nitro groups is 1. The van der Waals surface area contributed by atoms with Gasteiger partial charge in [0.15, 0.2) is 0 Å². The number of anilines is 1. The molecule has 5 rings (SSSR count). The number of non-ortho nitro benzene ring substituents is 1. The number of alkyl carbamates (subject to hydrolysis) is 1. The maximum atomic E-state index is 13.1. The summed E-state index contributed by atoms with van der Waals surface area (Å²) in [7, 11) is 0. The minimum Gasteiger partial charge on any atom is -0.449 e. The number of ether oxygens (including phenoxy) is 7. The van der Waals surface area contributed by atoms with Crippen LogP contribution < -0.4 is 26.0 Å². The number of rotatable bonds is 27. The van der Waals surface area contributed by atoms with Crippen molar-refractivity contribution in [1.82, 2.24) is 16.0 Å². The fourth-order valence-corrected chi connectivity index (χ4v) is 6.79. The van der Waals surface area contributed by atoms with Crippen molar-refractivity contribution in [2.24, 2.45) is 5.92 Å². The Balaban J connectivity index is 0.835. The standard InChI is InChI=1S/C48H57N5O14/c1-32(2)44(46(56)50-33(3)45(55)51-35-14-12-34(13-15-35)30-66-48(58)67-37-18-16-36(17-19-37)53(59)60)52-43(54)20-22-61-24-26-63-28-29-64-27-25-62-23-21-49-47(57)65-31-42-40-10-6-4-8-38(40)39-9-5-7-11-41(39)42/h4-19,32-33,42,44H,20-31H2,1-3H3,(H,49,57)(H,50,56)(H,51,55)(H,52,54)/t33-,44-/m0/s1. The van der Waals surface area contributed by atoms with Crippen LogP contribution in [0.4, 0.5) is 21.0 Å². The normalized spacial score (nSPS) is 12.5. The SMILES string of the molecule is CC(C)[C@H](NC(=O)CCOCCOCCOCCOCCNC(=O)OCC1c2ccccc2-c2ccccc21)C(=O)N[C@@H](C)C(=O)Nc1ccc(COC(=O)Oc2ccc([N+](=O)[O-])cc2)cc1. The molecule has 0 spiro atoms. The molecule has 0 fully saturated rings. The topological polar surface area (TPSA) is 241 Å². The molecule has 0 heterocycles. The van der Waals surface area contributed by atoms with E-state index in [1.165, 1.54) is 42.3 Å². The number of amides is 4. The third-order valence-electron chi connectivity index (χ3n) is 10.3. The molecule has 0 aliphatic heterocycles. The van der Waals surface area contributed by atoms with Crippen LogP contribution in [0.5, 0.6) is 5.75 Å². The van der Waals surface area contributed by atoms with Gasteiger partial charge in [-0.1, -0.05) is 74.5 Å². The van der Waals surface area contributed by atoms with Gasteiger partial charge in [-0.2, -0.15) is 0 Å². The number of carbonyl (C=O) groups is 5. The van der Waals surface area contributed by atoms with Crippen LogP contribution >= 0.6 is 0 Å². The lowest BCUT2D eigenvalue weighted by atomic mass is 9.98. The van der Waals surface area contributed by atoms with E-state index in [1.54, 1.807) is 38.1 Å². The van der Waals surface area contributed by atoms with E-state index >= 15 is 0 Å². The van der Waals surface area contributed by atoms with Crippen molar-refractivity contribution < 1.29 is 62.1 Å². The van der Waals surface area contributed by atoms with Crippen molar-refractivity contribution in [2.45, 2.75) is 51.8 Å². The second-order valence-electron chi connectivity index (χ2n) is 15.5. The van der Waals surface area contributed by atoms with Gasteiger partial charge in [-0.3, -0.25) is 24.5 Å². The van der Waals surface area contributed by atoms with E-state index in [1.807, 2.05) is 24.3 Å². The van der Waals surface area contributed by atoms with Gasteiger partial charge < -0.3 is 54.4 Å². The van der Waals surface area contributed by atoms with E-state index in [-0.39, 0.29) is 62.0 Å². The molecule has 67 heavy (non-hydrogen) atoms. The van der Waals surface area contributed by atoms with Crippen molar-refractivity contribution in [3.8, 4) is 16.9 Å². The smallest absolute Gasteiger partial charge is 0.449 e. The number of hydrogen-bond acceptors (Lipinski definition) is 14. The molecule has 4 N–H and O–H groups in total. The lowest BCUT2D eigenvalue weighted by Crippen LogP contribution is -2.53. The zero-order valence-electron chi connectivity index (χ0n) is 37.7. The second kappa shape index (κ2) is 26.9. The number of hydrogen-bond donors (Lipinski definition) is 4. The van der Waals surface area contributed by atoms with Crippen molar-refractivity contribution in [3.05, 3.63) is 124 Å². The van der Waals surface area contributed by atoms with Crippen molar-refractivity contribution in [2.75, 3.05) is 71.3 Å². The molecule has 19 heteroatoms. The van der Waals surface area contributed by atoms with Gasteiger partial charge in [-0.25, -0.2) is 9.59 Å². The number of nitrogens with one attached hydrogen (secondary N) is 4. The molecule has 19 nitrogen and oxygen atoms in total. The lowest BCUT2D eigenvalue weighted by molar-refractivity contribution is -0.384. The highest BCUT2D eigenvalue weighted by atomic mass is 16.7. The first-order chi connectivity index (χ1) is 32.4. The van der Waals surface area contributed by atoms with Crippen LogP contribution in [0.2, 0.25) is 0 Å². The van der Waals surface area contributed by atoms with Gasteiger partial charge in [0.25, 0.3) is 5.69 Å². The predicted molar refractivity (Wildman–Crippen MR) is 244 cm³/mol. The molecular formula is C48H57N5O14. The summed E-state index contributed by atoms with van der Waals surface area (Å²) in [6, 6.07) is 25.9. The molecule has 2 atom stereocenters. The molecule has 0 unspecified atom stereocenters. The predicted octanol–water partition coefficient (Wildman–Crippen LogP) is 5.89. The highest BCUT2D eigenvalue weighted by Crippen LogP contribution is 2.44. The van der Waals surface area contributed by atoms with Gasteiger partial charge in [0, 0.05) is 36.7 Å². The first kappa shape index (κ1) is 51.1. The summed E-state index contributed by atoms with van der Waals surface area (Å²) in [5.41, 5.74) is 5.52. The molecule has 1 aliphatic carbocycles. The van der Waals surface area contributed by atoms with Crippen molar-refractivity contribution in [1.29, 1.82) is 0 Å².